The number of rotatable bonds is 5. The van der Waals surface area contributed by atoms with E-state index >= 15 is 0 Å². The summed E-state index contributed by atoms with van der Waals surface area (Å²) in [6.07, 6.45) is 7.16. The van der Waals surface area contributed by atoms with Gasteiger partial charge in [0, 0.05) is 52.0 Å². The van der Waals surface area contributed by atoms with Crippen LogP contribution in [-0.2, 0) is 6.54 Å². The maximum Gasteiger partial charge on any atom is 0.317 e. The number of amides is 2. The number of nitrogens with zero attached hydrogens (tertiary/aromatic N) is 4. The second-order valence-corrected chi connectivity index (χ2v) is 7.52. The summed E-state index contributed by atoms with van der Waals surface area (Å²) < 4.78 is 0. The number of urea groups is 1. The SMILES string of the molecule is Cc1cccnc1CN1CCN(C(=O)NCCN2CCCCCC2)CC1. The highest BCUT2D eigenvalue weighted by Gasteiger charge is 2.21. The van der Waals surface area contributed by atoms with Gasteiger partial charge in [-0.2, -0.15) is 0 Å². The number of hydrogen-bond donors (Lipinski definition) is 1. The summed E-state index contributed by atoms with van der Waals surface area (Å²) in [5.74, 6) is 0. The molecule has 0 unspecified atom stereocenters. The Kier molecular flexibility index (Phi) is 7.26. The molecule has 0 aliphatic carbocycles. The minimum Gasteiger partial charge on any atom is -0.337 e. The lowest BCUT2D eigenvalue weighted by Crippen LogP contribution is -2.52. The molecular weight excluding hydrogens is 326 g/mol. The maximum atomic E-state index is 12.4. The van der Waals surface area contributed by atoms with Gasteiger partial charge in [0.05, 0.1) is 5.69 Å². The lowest BCUT2D eigenvalue weighted by Gasteiger charge is -2.34. The largest absolute Gasteiger partial charge is 0.337 e. The number of aryl methyl sites for hydroxylation is 1. The molecule has 3 heterocycles. The van der Waals surface area contributed by atoms with Gasteiger partial charge < -0.3 is 15.1 Å². The van der Waals surface area contributed by atoms with Gasteiger partial charge in [-0.05, 0) is 44.5 Å². The molecule has 1 N–H and O–H groups in total. The predicted molar refractivity (Wildman–Crippen MR) is 104 cm³/mol. The zero-order chi connectivity index (χ0) is 18.2. The Hall–Kier alpha value is -1.66. The summed E-state index contributed by atoms with van der Waals surface area (Å²) in [4.78, 5) is 23.7. The second kappa shape index (κ2) is 9.88. The molecule has 2 saturated heterocycles. The zero-order valence-corrected chi connectivity index (χ0v) is 16.1. The Balaban J connectivity index is 1.35. The van der Waals surface area contributed by atoms with Crippen LogP contribution in [0, 0.1) is 6.92 Å². The van der Waals surface area contributed by atoms with Crippen molar-refractivity contribution in [2.24, 2.45) is 0 Å². The van der Waals surface area contributed by atoms with E-state index in [1.807, 2.05) is 17.2 Å². The van der Waals surface area contributed by atoms with Crippen LogP contribution in [0.2, 0.25) is 0 Å². The highest BCUT2D eigenvalue weighted by Crippen LogP contribution is 2.11. The number of aromatic nitrogens is 1. The van der Waals surface area contributed by atoms with Crippen LogP contribution < -0.4 is 5.32 Å². The highest BCUT2D eigenvalue weighted by atomic mass is 16.2. The molecule has 0 saturated carbocycles. The van der Waals surface area contributed by atoms with Crippen LogP contribution >= 0.6 is 0 Å². The van der Waals surface area contributed by atoms with Crippen LogP contribution in [0.25, 0.3) is 0 Å². The molecule has 0 aromatic carbocycles. The van der Waals surface area contributed by atoms with Crippen molar-refractivity contribution in [3.05, 3.63) is 29.6 Å². The fourth-order valence-electron chi connectivity index (χ4n) is 3.80. The van der Waals surface area contributed by atoms with Gasteiger partial charge in [0.25, 0.3) is 0 Å². The van der Waals surface area contributed by atoms with Crippen molar-refractivity contribution in [2.75, 3.05) is 52.4 Å². The molecule has 3 rings (SSSR count). The first-order valence-corrected chi connectivity index (χ1v) is 10.1. The summed E-state index contributed by atoms with van der Waals surface area (Å²) >= 11 is 0. The highest BCUT2D eigenvalue weighted by molar-refractivity contribution is 5.74. The summed E-state index contributed by atoms with van der Waals surface area (Å²) in [6, 6.07) is 4.18. The monoisotopic (exact) mass is 359 g/mol. The van der Waals surface area contributed by atoms with E-state index in [0.717, 1.165) is 51.5 Å². The van der Waals surface area contributed by atoms with Crippen molar-refractivity contribution < 1.29 is 4.79 Å². The van der Waals surface area contributed by atoms with Gasteiger partial charge in [-0.3, -0.25) is 9.88 Å². The molecule has 1 aromatic rings. The molecule has 6 nitrogen and oxygen atoms in total. The predicted octanol–water partition coefficient (Wildman–Crippen LogP) is 2.09. The molecule has 6 heteroatoms. The molecule has 2 aliphatic heterocycles. The third kappa shape index (κ3) is 5.68. The van der Waals surface area contributed by atoms with Gasteiger partial charge >= 0.3 is 6.03 Å². The Morgan fingerprint density at radius 2 is 1.77 bits per heavy atom. The van der Waals surface area contributed by atoms with Crippen molar-refractivity contribution >= 4 is 6.03 Å². The Labute approximate surface area is 157 Å². The molecule has 0 atom stereocenters. The average Bonchev–Trinajstić information content (AvgIpc) is 2.93. The maximum absolute atomic E-state index is 12.4. The summed E-state index contributed by atoms with van der Waals surface area (Å²) in [7, 11) is 0. The van der Waals surface area contributed by atoms with Crippen molar-refractivity contribution in [3.8, 4) is 0 Å². The molecule has 1 aromatic heterocycles. The first kappa shape index (κ1) is 19.1. The van der Waals surface area contributed by atoms with E-state index in [1.54, 1.807) is 0 Å². The van der Waals surface area contributed by atoms with Gasteiger partial charge in [0.2, 0.25) is 0 Å². The first-order chi connectivity index (χ1) is 12.7. The molecule has 144 valence electrons. The number of carbonyl (C=O) groups is 1. The number of pyridine rings is 1. The average molecular weight is 360 g/mol. The van der Waals surface area contributed by atoms with Crippen LogP contribution in [-0.4, -0.2) is 78.1 Å². The molecule has 26 heavy (non-hydrogen) atoms. The quantitative estimate of drug-likeness (QED) is 0.875. The smallest absolute Gasteiger partial charge is 0.317 e. The topological polar surface area (TPSA) is 51.7 Å². The number of piperazine rings is 1. The Morgan fingerprint density at radius 3 is 2.46 bits per heavy atom. The molecule has 2 fully saturated rings. The van der Waals surface area contributed by atoms with Crippen LogP contribution in [0.4, 0.5) is 4.79 Å². The number of nitrogens with one attached hydrogen (secondary N) is 1. The summed E-state index contributed by atoms with van der Waals surface area (Å²) in [5.41, 5.74) is 2.38. The molecule has 0 spiro atoms. The lowest BCUT2D eigenvalue weighted by atomic mass is 10.2. The van der Waals surface area contributed by atoms with Gasteiger partial charge in [0.15, 0.2) is 0 Å². The number of likely N-dealkylation sites (tertiary alicyclic amines) is 1. The second-order valence-electron chi connectivity index (χ2n) is 7.52. The van der Waals surface area contributed by atoms with Crippen LogP contribution in [0.3, 0.4) is 0 Å². The lowest BCUT2D eigenvalue weighted by molar-refractivity contribution is 0.133. The number of carbonyl (C=O) groups excluding carboxylic acids is 1. The van der Waals surface area contributed by atoms with Gasteiger partial charge in [0.1, 0.15) is 0 Å². The first-order valence-electron chi connectivity index (χ1n) is 10.1. The van der Waals surface area contributed by atoms with E-state index in [0.29, 0.717) is 0 Å². The third-order valence-corrected chi connectivity index (χ3v) is 5.55. The van der Waals surface area contributed by atoms with Crippen molar-refractivity contribution in [2.45, 2.75) is 39.2 Å². The minimum atomic E-state index is 0.0912. The van der Waals surface area contributed by atoms with Gasteiger partial charge in [-0.15, -0.1) is 0 Å². The molecule has 0 radical (unpaired) electrons. The van der Waals surface area contributed by atoms with E-state index < -0.39 is 0 Å². The molecule has 2 amide bonds. The van der Waals surface area contributed by atoms with Crippen molar-refractivity contribution in [1.29, 1.82) is 0 Å². The van der Waals surface area contributed by atoms with Crippen LogP contribution in [0.15, 0.2) is 18.3 Å². The molecular formula is C20H33N5O. The van der Waals surface area contributed by atoms with E-state index in [9.17, 15) is 4.79 Å². The Bertz CT molecular complexity index is 563. The van der Waals surface area contributed by atoms with E-state index in [1.165, 1.54) is 44.3 Å². The van der Waals surface area contributed by atoms with E-state index in [2.05, 4.69) is 33.1 Å². The molecule has 2 aliphatic rings. The van der Waals surface area contributed by atoms with Gasteiger partial charge in [-0.25, -0.2) is 4.79 Å². The number of hydrogen-bond acceptors (Lipinski definition) is 4. The van der Waals surface area contributed by atoms with Crippen LogP contribution in [0.5, 0.6) is 0 Å². The van der Waals surface area contributed by atoms with E-state index in [-0.39, 0.29) is 6.03 Å². The van der Waals surface area contributed by atoms with E-state index in [4.69, 9.17) is 0 Å². The molecule has 0 bridgehead atoms. The van der Waals surface area contributed by atoms with Gasteiger partial charge in [-0.1, -0.05) is 18.9 Å². The minimum absolute atomic E-state index is 0.0912. The normalized spacial score (nSPS) is 20.0. The summed E-state index contributed by atoms with van der Waals surface area (Å²) in [6.45, 7) is 10.5. The zero-order valence-electron chi connectivity index (χ0n) is 16.1. The fourth-order valence-corrected chi connectivity index (χ4v) is 3.80. The fraction of sp³-hybridized carbons (Fsp3) is 0.700. The third-order valence-electron chi connectivity index (χ3n) is 5.55. The van der Waals surface area contributed by atoms with Crippen molar-refractivity contribution in [3.63, 3.8) is 0 Å². The van der Waals surface area contributed by atoms with Crippen LogP contribution in [0.1, 0.15) is 36.9 Å². The summed E-state index contributed by atoms with van der Waals surface area (Å²) in [5, 5.41) is 3.11. The van der Waals surface area contributed by atoms with Crippen molar-refractivity contribution in [1.82, 2.24) is 25.0 Å². The Morgan fingerprint density at radius 1 is 1.04 bits per heavy atom. The standard InChI is InChI=1S/C20H33N5O/c1-18-7-6-8-21-19(18)17-24-13-15-25(16-14-24)20(26)22-9-12-23-10-4-2-3-5-11-23/h6-8H,2-5,9-17H2,1H3,(H,22,26).